The van der Waals surface area contributed by atoms with Crippen molar-refractivity contribution in [2.45, 2.75) is 58.5 Å². The third kappa shape index (κ3) is 7.13. The molecule has 2 aromatic carbocycles. The van der Waals surface area contributed by atoms with Crippen LogP contribution in [-0.4, -0.2) is 31.8 Å². The van der Waals surface area contributed by atoms with Gasteiger partial charge in [0, 0.05) is 11.4 Å². The number of carbonyl (C=O) groups is 2. The highest BCUT2D eigenvalue weighted by molar-refractivity contribution is 6.00. The lowest BCUT2D eigenvalue weighted by Crippen LogP contribution is -2.34. The molecule has 46 heavy (non-hydrogen) atoms. The summed E-state index contributed by atoms with van der Waals surface area (Å²) in [4.78, 5) is 38.7. The van der Waals surface area contributed by atoms with Gasteiger partial charge >= 0.3 is 23.7 Å². The van der Waals surface area contributed by atoms with Crippen LogP contribution in [0.4, 0.5) is 13.2 Å². The Morgan fingerprint density at radius 3 is 2.11 bits per heavy atom. The Morgan fingerprint density at radius 1 is 0.870 bits per heavy atom. The van der Waals surface area contributed by atoms with E-state index in [0.717, 1.165) is 37.1 Å². The van der Waals surface area contributed by atoms with Crippen LogP contribution in [0.2, 0.25) is 0 Å². The molecule has 1 atom stereocenters. The Kier molecular flexibility index (Phi) is 9.88. The highest BCUT2D eigenvalue weighted by Crippen LogP contribution is 2.44. The van der Waals surface area contributed by atoms with Crippen molar-refractivity contribution in [3.05, 3.63) is 98.7 Å². The Bertz CT molecular complexity index is 1730. The van der Waals surface area contributed by atoms with Crippen molar-refractivity contribution in [1.29, 1.82) is 0 Å². The van der Waals surface area contributed by atoms with Gasteiger partial charge in [-0.1, -0.05) is 30.3 Å². The van der Waals surface area contributed by atoms with Crippen LogP contribution >= 0.6 is 0 Å². The van der Waals surface area contributed by atoms with E-state index in [2.05, 4.69) is 5.32 Å². The first-order chi connectivity index (χ1) is 22.0. The summed E-state index contributed by atoms with van der Waals surface area (Å²) in [6, 6.07) is 13.4. The van der Waals surface area contributed by atoms with Crippen molar-refractivity contribution in [3.63, 3.8) is 0 Å². The van der Waals surface area contributed by atoms with Gasteiger partial charge in [0.05, 0.1) is 53.9 Å². The first kappa shape index (κ1) is 32.8. The second-order valence-corrected chi connectivity index (χ2v) is 11.7. The maximum Gasteiger partial charge on any atom is 0.416 e. The van der Waals surface area contributed by atoms with Crippen LogP contribution in [0.25, 0.3) is 11.0 Å². The zero-order chi connectivity index (χ0) is 33.0. The summed E-state index contributed by atoms with van der Waals surface area (Å²) in [5.74, 6) is -2.19. The molecule has 11 heteroatoms. The molecular weight excluding hydrogens is 603 g/mol. The molecule has 1 aromatic heterocycles. The van der Waals surface area contributed by atoms with Crippen LogP contribution in [0, 0.1) is 11.8 Å². The number of carbonyl (C=O) groups excluding carboxylic acids is 2. The third-order valence-corrected chi connectivity index (χ3v) is 8.56. The van der Waals surface area contributed by atoms with Crippen LogP contribution < -0.4 is 15.7 Å². The van der Waals surface area contributed by atoms with Crippen molar-refractivity contribution < 1.29 is 41.4 Å². The number of allylic oxidation sites excluding steroid dienone is 2. The molecule has 1 unspecified atom stereocenters. The van der Waals surface area contributed by atoms with E-state index >= 15 is 0 Å². The van der Waals surface area contributed by atoms with Crippen molar-refractivity contribution in [2.24, 2.45) is 11.8 Å². The summed E-state index contributed by atoms with van der Waals surface area (Å²) in [5.41, 5.74) is -0.720. The van der Waals surface area contributed by atoms with Crippen molar-refractivity contribution in [1.82, 2.24) is 5.32 Å². The molecule has 8 nitrogen and oxygen atoms in total. The van der Waals surface area contributed by atoms with Crippen LogP contribution in [-0.2, 0) is 25.2 Å². The molecular formula is C35H36F3NO7. The predicted molar refractivity (Wildman–Crippen MR) is 164 cm³/mol. The molecule has 2 aliphatic rings. The van der Waals surface area contributed by atoms with Crippen molar-refractivity contribution in [3.8, 4) is 5.75 Å². The summed E-state index contributed by atoms with van der Waals surface area (Å²) in [6.07, 6.45) is -1.60. The molecule has 2 heterocycles. The number of benzene rings is 2. The van der Waals surface area contributed by atoms with E-state index in [1.54, 1.807) is 32.9 Å². The number of esters is 2. The standard InChI is InChI=1S/C35H36F3NO7/c1-4-43-33(41)30-20(2)39-21(3)31(32(30)24-9-5-7-11-26(24)35(36,37)38)34(42)45-19-23-15-13-22(14-16-23)18-44-28-17-29(40)46-27-12-8-6-10-25(27)28/h5-12,17,22-23,32,39H,4,13-16,18-19H2,1-3H3/t22-,23-,32?. The van der Waals surface area contributed by atoms with E-state index in [1.165, 1.54) is 24.3 Å². The fourth-order valence-electron chi connectivity index (χ4n) is 6.31. The molecule has 1 saturated carbocycles. The molecule has 3 aromatic rings. The summed E-state index contributed by atoms with van der Waals surface area (Å²) >= 11 is 0. The number of hydrogen-bond acceptors (Lipinski definition) is 8. The Hall–Kier alpha value is -4.54. The van der Waals surface area contributed by atoms with Gasteiger partial charge in [-0.15, -0.1) is 0 Å². The van der Waals surface area contributed by atoms with E-state index in [9.17, 15) is 27.6 Å². The van der Waals surface area contributed by atoms with Gasteiger partial charge in [0.1, 0.15) is 11.3 Å². The topological polar surface area (TPSA) is 104 Å². The van der Waals surface area contributed by atoms with Gasteiger partial charge in [0.25, 0.3) is 0 Å². The van der Waals surface area contributed by atoms with Crippen LogP contribution in [0.1, 0.15) is 63.5 Å². The zero-order valence-corrected chi connectivity index (χ0v) is 25.9. The number of fused-ring (bicyclic) bond motifs is 1. The molecule has 0 saturated heterocycles. The highest BCUT2D eigenvalue weighted by atomic mass is 19.4. The molecule has 1 aliphatic carbocycles. The number of rotatable bonds is 9. The number of halogens is 3. The van der Waals surface area contributed by atoms with Crippen molar-refractivity contribution >= 4 is 22.9 Å². The quantitative estimate of drug-likeness (QED) is 0.197. The lowest BCUT2D eigenvalue weighted by Gasteiger charge is -2.32. The van der Waals surface area contributed by atoms with Gasteiger partial charge in [-0.05, 0) is 82.1 Å². The molecule has 0 amide bonds. The smallest absolute Gasteiger partial charge is 0.416 e. The second kappa shape index (κ2) is 13.8. The lowest BCUT2D eigenvalue weighted by atomic mass is 9.78. The van der Waals surface area contributed by atoms with Gasteiger partial charge < -0.3 is 23.9 Å². The fraction of sp³-hybridized carbons (Fsp3) is 0.400. The second-order valence-electron chi connectivity index (χ2n) is 11.7. The van der Waals surface area contributed by atoms with Gasteiger partial charge in [-0.2, -0.15) is 13.2 Å². The minimum Gasteiger partial charge on any atom is -0.492 e. The number of nitrogens with one attached hydrogen (secondary N) is 1. The number of alkyl halides is 3. The van der Waals surface area contributed by atoms with Crippen LogP contribution in [0.5, 0.6) is 5.75 Å². The van der Waals surface area contributed by atoms with Gasteiger partial charge in [0.2, 0.25) is 0 Å². The first-order valence-corrected chi connectivity index (χ1v) is 15.3. The average Bonchev–Trinajstić information content (AvgIpc) is 3.02. The van der Waals surface area contributed by atoms with Gasteiger partial charge in [-0.25, -0.2) is 14.4 Å². The monoisotopic (exact) mass is 639 g/mol. The van der Waals surface area contributed by atoms with E-state index < -0.39 is 35.2 Å². The van der Waals surface area contributed by atoms with E-state index in [4.69, 9.17) is 18.6 Å². The summed E-state index contributed by atoms with van der Waals surface area (Å²) < 4.78 is 64.7. The summed E-state index contributed by atoms with van der Waals surface area (Å²) in [6.45, 7) is 5.26. The highest BCUT2D eigenvalue weighted by Gasteiger charge is 2.43. The van der Waals surface area contributed by atoms with E-state index in [0.29, 0.717) is 29.3 Å². The number of hydrogen-bond donors (Lipinski definition) is 1. The molecule has 0 bridgehead atoms. The number of ether oxygens (including phenoxy) is 3. The largest absolute Gasteiger partial charge is 0.492 e. The third-order valence-electron chi connectivity index (χ3n) is 8.56. The summed E-state index contributed by atoms with van der Waals surface area (Å²) in [7, 11) is 0. The SMILES string of the molecule is CCOC(=O)C1=C(C)NC(C)=C(C(=O)OC[C@H]2CC[C@H](COc3cc(=O)oc4ccccc34)CC2)C1c1ccccc1C(F)(F)F. The molecule has 1 fully saturated rings. The molecule has 1 N–H and O–H groups in total. The maximum atomic E-state index is 14.2. The minimum atomic E-state index is -4.72. The Labute approximate surface area is 264 Å². The van der Waals surface area contributed by atoms with Crippen molar-refractivity contribution in [2.75, 3.05) is 19.8 Å². The average molecular weight is 640 g/mol. The van der Waals surface area contributed by atoms with Gasteiger partial charge in [-0.3, -0.25) is 0 Å². The van der Waals surface area contributed by atoms with E-state index in [1.807, 2.05) is 12.1 Å². The molecule has 0 spiro atoms. The molecule has 5 rings (SSSR count). The zero-order valence-electron chi connectivity index (χ0n) is 25.9. The first-order valence-electron chi connectivity index (χ1n) is 15.3. The summed E-state index contributed by atoms with van der Waals surface area (Å²) in [5, 5.41) is 3.70. The Balaban J connectivity index is 1.27. The minimum absolute atomic E-state index is 0.0108. The van der Waals surface area contributed by atoms with Crippen LogP contribution in [0.15, 0.2) is 86.3 Å². The van der Waals surface area contributed by atoms with Gasteiger partial charge in [0.15, 0.2) is 0 Å². The molecule has 244 valence electrons. The normalized spacial score (nSPS) is 20.3. The fourth-order valence-corrected chi connectivity index (χ4v) is 6.31. The lowest BCUT2D eigenvalue weighted by molar-refractivity contribution is -0.143. The predicted octanol–water partition coefficient (Wildman–Crippen LogP) is 7.04. The number of dihydropyridines is 1. The maximum absolute atomic E-state index is 14.2. The number of para-hydroxylation sites is 1. The Morgan fingerprint density at radius 2 is 1.46 bits per heavy atom. The molecule has 0 radical (unpaired) electrons. The van der Waals surface area contributed by atoms with Crippen LogP contribution in [0.3, 0.4) is 0 Å². The molecule has 1 aliphatic heterocycles. The van der Waals surface area contributed by atoms with E-state index in [-0.39, 0.29) is 41.8 Å².